The van der Waals surface area contributed by atoms with E-state index in [0.29, 0.717) is 0 Å². The van der Waals surface area contributed by atoms with Crippen LogP contribution in [0.4, 0.5) is 0 Å². The smallest absolute Gasteiger partial charge is 0.319 e. The number of carbonyl (C=O) groups excluding carboxylic acids is 1. The van der Waals surface area contributed by atoms with Crippen molar-refractivity contribution in [1.82, 2.24) is 9.97 Å². The number of hydrogen-bond donors (Lipinski definition) is 0. The van der Waals surface area contributed by atoms with Gasteiger partial charge in [-0.3, -0.25) is 4.79 Å². The number of thiophene rings is 1. The van der Waals surface area contributed by atoms with Crippen LogP contribution in [0.3, 0.4) is 0 Å². The van der Waals surface area contributed by atoms with Crippen molar-refractivity contribution in [1.29, 1.82) is 0 Å². The van der Waals surface area contributed by atoms with Crippen molar-refractivity contribution in [3.05, 3.63) is 16.8 Å². The molecule has 23 heavy (non-hydrogen) atoms. The van der Waals surface area contributed by atoms with Gasteiger partial charge in [0.15, 0.2) is 0 Å². The fraction of sp³-hybridized carbons (Fsp3) is 0.588. The molecule has 3 rings (SSSR count). The van der Waals surface area contributed by atoms with Gasteiger partial charge in [0.2, 0.25) is 0 Å². The van der Waals surface area contributed by atoms with Crippen LogP contribution in [0.25, 0.3) is 10.2 Å². The molecular formula is C17H22N2O2S2. The van der Waals surface area contributed by atoms with E-state index in [0.717, 1.165) is 28.1 Å². The molecule has 1 aliphatic rings. The number of hydrogen-bond acceptors (Lipinski definition) is 6. The lowest BCUT2D eigenvalue weighted by molar-refractivity contribution is -0.149. The van der Waals surface area contributed by atoms with Crippen LogP contribution >= 0.6 is 23.1 Å². The van der Waals surface area contributed by atoms with Crippen molar-refractivity contribution >= 4 is 39.3 Å². The Kier molecular flexibility index (Phi) is 5.21. The van der Waals surface area contributed by atoms with Gasteiger partial charge in [0.05, 0.1) is 0 Å². The maximum Gasteiger partial charge on any atom is 0.319 e. The molecule has 0 N–H and O–H groups in total. The molecule has 0 aromatic carbocycles. The minimum Gasteiger partial charge on any atom is -0.462 e. The first-order valence-corrected chi connectivity index (χ1v) is 9.83. The van der Waals surface area contributed by atoms with Gasteiger partial charge in [0.25, 0.3) is 0 Å². The first kappa shape index (κ1) is 16.7. The first-order chi connectivity index (χ1) is 11.1. The second-order valence-corrected chi connectivity index (χ2v) is 8.63. The molecule has 2 heterocycles. The standard InChI is InChI=1S/C17H22N2O2S2/c1-10-11(2)22-15-14(10)16(19-9-18-15)23-12(3)17(20)21-13-7-5-4-6-8-13/h9,12-13H,4-8H2,1-3H3. The largest absolute Gasteiger partial charge is 0.462 e. The number of esters is 1. The number of carbonyl (C=O) groups is 1. The Bertz CT molecular complexity index is 708. The van der Waals surface area contributed by atoms with Crippen molar-refractivity contribution in [2.75, 3.05) is 0 Å². The van der Waals surface area contributed by atoms with Gasteiger partial charge in [-0.25, -0.2) is 9.97 Å². The zero-order chi connectivity index (χ0) is 16.4. The van der Waals surface area contributed by atoms with Crippen molar-refractivity contribution in [3.8, 4) is 0 Å². The van der Waals surface area contributed by atoms with Crippen molar-refractivity contribution in [3.63, 3.8) is 0 Å². The van der Waals surface area contributed by atoms with Gasteiger partial charge >= 0.3 is 5.97 Å². The molecular weight excluding hydrogens is 328 g/mol. The van der Waals surface area contributed by atoms with Crippen LogP contribution in [-0.4, -0.2) is 27.3 Å². The van der Waals surface area contributed by atoms with Crippen LogP contribution in [0, 0.1) is 13.8 Å². The summed E-state index contributed by atoms with van der Waals surface area (Å²) in [6, 6.07) is 0. The predicted octanol–water partition coefficient (Wildman–Crippen LogP) is 4.66. The summed E-state index contributed by atoms with van der Waals surface area (Å²) in [4.78, 5) is 23.3. The molecule has 0 spiro atoms. The number of thioether (sulfide) groups is 1. The maximum absolute atomic E-state index is 12.4. The Balaban J connectivity index is 1.72. The van der Waals surface area contributed by atoms with E-state index in [1.54, 1.807) is 17.7 Å². The second kappa shape index (κ2) is 7.18. The van der Waals surface area contributed by atoms with Crippen LogP contribution < -0.4 is 0 Å². The predicted molar refractivity (Wildman–Crippen MR) is 95.2 cm³/mol. The third kappa shape index (κ3) is 3.69. The van der Waals surface area contributed by atoms with E-state index < -0.39 is 0 Å². The summed E-state index contributed by atoms with van der Waals surface area (Å²) in [5, 5.41) is 1.71. The number of aryl methyl sites for hydroxylation is 2. The van der Waals surface area contributed by atoms with Gasteiger partial charge in [-0.15, -0.1) is 11.3 Å². The van der Waals surface area contributed by atoms with E-state index in [-0.39, 0.29) is 17.3 Å². The molecule has 124 valence electrons. The van der Waals surface area contributed by atoms with Gasteiger partial charge in [-0.05, 0) is 52.0 Å². The number of ether oxygens (including phenoxy) is 1. The molecule has 0 radical (unpaired) electrons. The average molecular weight is 351 g/mol. The van der Waals surface area contributed by atoms with E-state index in [1.807, 2.05) is 6.92 Å². The Morgan fingerprint density at radius 3 is 2.78 bits per heavy atom. The molecule has 4 nitrogen and oxygen atoms in total. The van der Waals surface area contributed by atoms with E-state index >= 15 is 0 Å². The van der Waals surface area contributed by atoms with Gasteiger partial charge in [0, 0.05) is 10.3 Å². The summed E-state index contributed by atoms with van der Waals surface area (Å²) in [6.45, 7) is 6.09. The Morgan fingerprint density at radius 1 is 1.30 bits per heavy atom. The Hall–Kier alpha value is -1.14. The SMILES string of the molecule is Cc1sc2ncnc(SC(C)C(=O)OC3CCCCC3)c2c1C. The Labute approximate surface area is 145 Å². The monoisotopic (exact) mass is 350 g/mol. The van der Waals surface area contributed by atoms with Crippen molar-refractivity contribution in [2.45, 2.75) is 69.3 Å². The highest BCUT2D eigenvalue weighted by atomic mass is 32.2. The fourth-order valence-corrected chi connectivity index (χ4v) is 4.92. The molecule has 1 atom stereocenters. The summed E-state index contributed by atoms with van der Waals surface area (Å²) in [5.74, 6) is -0.127. The minimum absolute atomic E-state index is 0.106. The topological polar surface area (TPSA) is 52.1 Å². The van der Waals surface area contributed by atoms with Gasteiger partial charge in [-0.2, -0.15) is 0 Å². The lowest BCUT2D eigenvalue weighted by atomic mass is 9.98. The molecule has 1 saturated carbocycles. The van der Waals surface area contributed by atoms with Crippen LogP contribution in [0.15, 0.2) is 11.4 Å². The lowest BCUT2D eigenvalue weighted by Crippen LogP contribution is -2.26. The molecule has 2 aromatic rings. The highest BCUT2D eigenvalue weighted by Gasteiger charge is 2.24. The second-order valence-electron chi connectivity index (χ2n) is 6.10. The summed E-state index contributed by atoms with van der Waals surface area (Å²) in [6.07, 6.45) is 7.29. The number of fused-ring (bicyclic) bond motifs is 1. The van der Waals surface area contributed by atoms with E-state index in [4.69, 9.17) is 4.74 Å². The van der Waals surface area contributed by atoms with Crippen LogP contribution in [-0.2, 0) is 9.53 Å². The number of aromatic nitrogens is 2. The first-order valence-electron chi connectivity index (χ1n) is 8.14. The molecule has 1 aliphatic carbocycles. The zero-order valence-electron chi connectivity index (χ0n) is 13.8. The Morgan fingerprint density at radius 2 is 2.04 bits per heavy atom. The van der Waals surface area contributed by atoms with Gasteiger partial charge in [0.1, 0.15) is 27.5 Å². The lowest BCUT2D eigenvalue weighted by Gasteiger charge is -2.23. The molecule has 6 heteroatoms. The highest BCUT2D eigenvalue weighted by molar-refractivity contribution is 8.00. The molecule has 0 bridgehead atoms. The zero-order valence-corrected chi connectivity index (χ0v) is 15.4. The molecule has 1 fully saturated rings. The third-order valence-corrected chi connectivity index (χ3v) is 6.58. The summed E-state index contributed by atoms with van der Waals surface area (Å²) < 4.78 is 5.67. The van der Waals surface area contributed by atoms with Crippen molar-refractivity contribution in [2.24, 2.45) is 0 Å². The van der Waals surface area contributed by atoms with E-state index in [1.165, 1.54) is 41.5 Å². The van der Waals surface area contributed by atoms with E-state index in [9.17, 15) is 4.79 Å². The molecule has 1 unspecified atom stereocenters. The van der Waals surface area contributed by atoms with Crippen LogP contribution in [0.2, 0.25) is 0 Å². The highest BCUT2D eigenvalue weighted by Crippen LogP contribution is 2.36. The summed E-state index contributed by atoms with van der Waals surface area (Å²) >= 11 is 3.15. The minimum atomic E-state index is -0.255. The number of rotatable bonds is 4. The number of nitrogens with zero attached hydrogens (tertiary/aromatic N) is 2. The molecule has 0 saturated heterocycles. The van der Waals surface area contributed by atoms with Gasteiger partial charge in [-0.1, -0.05) is 18.2 Å². The van der Waals surface area contributed by atoms with Crippen LogP contribution in [0.1, 0.15) is 49.5 Å². The molecule has 0 aliphatic heterocycles. The average Bonchev–Trinajstić information content (AvgIpc) is 2.84. The van der Waals surface area contributed by atoms with E-state index in [2.05, 4.69) is 23.8 Å². The summed E-state index contributed by atoms with van der Waals surface area (Å²) in [5.41, 5.74) is 1.21. The molecule has 2 aromatic heterocycles. The molecule has 0 amide bonds. The summed E-state index contributed by atoms with van der Waals surface area (Å²) in [7, 11) is 0. The normalized spacial score (nSPS) is 17.3. The third-order valence-electron chi connectivity index (χ3n) is 4.39. The van der Waals surface area contributed by atoms with Crippen molar-refractivity contribution < 1.29 is 9.53 Å². The maximum atomic E-state index is 12.4. The quantitative estimate of drug-likeness (QED) is 0.456. The van der Waals surface area contributed by atoms with Crippen LogP contribution in [0.5, 0.6) is 0 Å². The van der Waals surface area contributed by atoms with Gasteiger partial charge < -0.3 is 4.74 Å². The fourth-order valence-electron chi connectivity index (χ4n) is 2.90.